The van der Waals surface area contributed by atoms with Crippen molar-refractivity contribution in [3.05, 3.63) is 65.6 Å². The maximum Gasteiger partial charge on any atom is 0.305 e. The predicted molar refractivity (Wildman–Crippen MR) is 149 cm³/mol. The molecule has 3 N–H and O–H groups in total. The van der Waals surface area contributed by atoms with Gasteiger partial charge in [-0.2, -0.15) is 0 Å². The molecule has 40 heavy (non-hydrogen) atoms. The number of fused-ring (bicyclic) bond motifs is 1. The lowest BCUT2D eigenvalue weighted by atomic mass is 9.98. The SMILES string of the molecule is CC(C)Cc1c(C(=O)N[C@H](C(=O)NC(CC(=O)O)C(=O)COc2ccccc2F)C(C)C)n(C)c2ccccc12. The van der Waals surface area contributed by atoms with E-state index in [2.05, 4.69) is 24.5 Å². The number of Topliss-reactive ketones (excluding diaryl/α,β-unsaturated/α-hetero) is 1. The highest BCUT2D eigenvalue weighted by molar-refractivity contribution is 6.04. The molecule has 10 heteroatoms. The van der Waals surface area contributed by atoms with Crippen LogP contribution in [0.3, 0.4) is 0 Å². The minimum Gasteiger partial charge on any atom is -0.483 e. The Morgan fingerprint density at radius 3 is 2.25 bits per heavy atom. The third-order valence-electron chi connectivity index (χ3n) is 6.57. The first kappa shape index (κ1) is 30.3. The summed E-state index contributed by atoms with van der Waals surface area (Å²) in [6.07, 6.45) is -0.0501. The van der Waals surface area contributed by atoms with Gasteiger partial charge in [0.05, 0.1) is 6.42 Å². The number of carboxylic acids is 1. The molecule has 0 radical (unpaired) electrons. The molecule has 1 aromatic heterocycles. The van der Waals surface area contributed by atoms with E-state index in [-0.39, 0.29) is 17.6 Å². The van der Waals surface area contributed by atoms with Crippen molar-refractivity contribution in [1.82, 2.24) is 15.2 Å². The van der Waals surface area contributed by atoms with Gasteiger partial charge in [0, 0.05) is 18.0 Å². The van der Waals surface area contributed by atoms with Gasteiger partial charge in [-0.15, -0.1) is 0 Å². The molecule has 0 aliphatic heterocycles. The number of carboxylic acid groups (broad SMARTS) is 1. The van der Waals surface area contributed by atoms with Gasteiger partial charge in [0.1, 0.15) is 24.4 Å². The Labute approximate surface area is 232 Å². The minimum atomic E-state index is -1.44. The standard InChI is InChI=1S/C30H36FN3O6/c1-17(2)14-20-19-10-6-8-12-23(19)34(5)28(20)30(39)33-27(18(3)4)29(38)32-22(15-26(36)37)24(35)16-40-25-13-9-7-11-21(25)31/h6-13,17-18,22,27H,14-16H2,1-5H3,(H,32,38)(H,33,39)(H,36,37)/t22?,27-/m0/s1. The number of benzene rings is 2. The molecule has 0 saturated carbocycles. The van der Waals surface area contributed by atoms with Gasteiger partial charge in [-0.25, -0.2) is 4.39 Å². The van der Waals surface area contributed by atoms with Gasteiger partial charge >= 0.3 is 5.97 Å². The van der Waals surface area contributed by atoms with Crippen molar-refractivity contribution in [2.24, 2.45) is 18.9 Å². The summed E-state index contributed by atoms with van der Waals surface area (Å²) >= 11 is 0. The summed E-state index contributed by atoms with van der Waals surface area (Å²) in [7, 11) is 1.79. The van der Waals surface area contributed by atoms with Gasteiger partial charge in [-0.1, -0.05) is 58.0 Å². The van der Waals surface area contributed by atoms with Crippen molar-refractivity contribution >= 4 is 34.5 Å². The number of aliphatic carboxylic acids is 1. The van der Waals surface area contributed by atoms with Crippen molar-refractivity contribution in [3.8, 4) is 5.75 Å². The normalized spacial score (nSPS) is 12.8. The molecule has 1 heterocycles. The van der Waals surface area contributed by atoms with Crippen LogP contribution in [0.4, 0.5) is 4.39 Å². The van der Waals surface area contributed by atoms with Crippen LogP contribution in [0, 0.1) is 17.7 Å². The van der Waals surface area contributed by atoms with Crippen LogP contribution < -0.4 is 15.4 Å². The van der Waals surface area contributed by atoms with E-state index in [1.54, 1.807) is 25.5 Å². The minimum absolute atomic E-state index is 0.171. The number of aryl methyl sites for hydroxylation is 1. The number of amides is 2. The Kier molecular flexibility index (Phi) is 10.0. The lowest BCUT2D eigenvalue weighted by Gasteiger charge is -2.25. The number of hydrogen-bond donors (Lipinski definition) is 3. The van der Waals surface area contributed by atoms with Crippen molar-refractivity contribution in [1.29, 1.82) is 0 Å². The van der Waals surface area contributed by atoms with E-state index in [1.807, 2.05) is 24.3 Å². The molecule has 0 aliphatic rings. The van der Waals surface area contributed by atoms with Crippen molar-refractivity contribution in [2.45, 2.75) is 52.6 Å². The maximum atomic E-state index is 13.9. The van der Waals surface area contributed by atoms with Gasteiger partial charge in [0.2, 0.25) is 5.91 Å². The number of carbonyl (C=O) groups is 4. The second-order valence-corrected chi connectivity index (χ2v) is 10.5. The molecule has 0 bridgehead atoms. The zero-order chi connectivity index (χ0) is 29.6. The highest BCUT2D eigenvalue weighted by Crippen LogP contribution is 2.28. The van der Waals surface area contributed by atoms with Crippen LogP contribution in [0.1, 0.15) is 50.2 Å². The first-order valence-electron chi connectivity index (χ1n) is 13.2. The number of carbonyl (C=O) groups excluding carboxylic acids is 3. The van der Waals surface area contributed by atoms with E-state index in [9.17, 15) is 28.7 Å². The molecular formula is C30H36FN3O6. The third kappa shape index (κ3) is 7.25. The number of rotatable bonds is 13. The average molecular weight is 554 g/mol. The van der Waals surface area contributed by atoms with E-state index in [0.717, 1.165) is 22.5 Å². The van der Waals surface area contributed by atoms with Gasteiger partial charge < -0.3 is 25.0 Å². The molecule has 0 spiro atoms. The van der Waals surface area contributed by atoms with Crippen LogP contribution in [0.2, 0.25) is 0 Å². The van der Waals surface area contributed by atoms with Crippen LogP contribution in [-0.2, 0) is 27.9 Å². The monoisotopic (exact) mass is 553 g/mol. The Balaban J connectivity index is 1.81. The fraction of sp³-hybridized carbons (Fsp3) is 0.400. The second kappa shape index (κ2) is 13.2. The molecule has 0 saturated heterocycles. The number of nitrogens with zero attached hydrogens (tertiary/aromatic N) is 1. The topological polar surface area (TPSA) is 127 Å². The summed E-state index contributed by atoms with van der Waals surface area (Å²) in [6, 6.07) is 10.7. The quantitative estimate of drug-likeness (QED) is 0.295. The number of halogens is 1. The highest BCUT2D eigenvalue weighted by Gasteiger charge is 2.32. The smallest absolute Gasteiger partial charge is 0.305 e. The van der Waals surface area contributed by atoms with E-state index in [1.165, 1.54) is 18.2 Å². The molecular weight excluding hydrogens is 517 g/mol. The lowest BCUT2D eigenvalue weighted by molar-refractivity contribution is -0.140. The number of aromatic nitrogens is 1. The summed E-state index contributed by atoms with van der Waals surface area (Å²) in [5.74, 6) is -4.19. The molecule has 2 aromatic carbocycles. The number of ketones is 1. The van der Waals surface area contributed by atoms with Crippen molar-refractivity contribution in [2.75, 3.05) is 6.61 Å². The number of para-hydroxylation sites is 2. The molecule has 0 aliphatic carbocycles. The molecule has 0 fully saturated rings. The number of hydrogen-bond acceptors (Lipinski definition) is 5. The van der Waals surface area contributed by atoms with Gasteiger partial charge in [0.15, 0.2) is 17.3 Å². The number of nitrogens with one attached hydrogen (secondary N) is 2. The second-order valence-electron chi connectivity index (χ2n) is 10.5. The lowest BCUT2D eigenvalue weighted by Crippen LogP contribution is -2.54. The largest absolute Gasteiger partial charge is 0.483 e. The summed E-state index contributed by atoms with van der Waals surface area (Å²) in [5.41, 5.74) is 2.19. The summed E-state index contributed by atoms with van der Waals surface area (Å²) in [4.78, 5) is 51.2. The van der Waals surface area contributed by atoms with Crippen LogP contribution in [0.15, 0.2) is 48.5 Å². The molecule has 3 rings (SSSR count). The maximum absolute atomic E-state index is 13.9. The highest BCUT2D eigenvalue weighted by atomic mass is 19.1. The zero-order valence-electron chi connectivity index (χ0n) is 23.4. The first-order chi connectivity index (χ1) is 18.9. The van der Waals surface area contributed by atoms with E-state index >= 15 is 0 Å². The average Bonchev–Trinajstić information content (AvgIpc) is 3.16. The Hall–Kier alpha value is -4.21. The van der Waals surface area contributed by atoms with E-state index < -0.39 is 54.5 Å². The molecule has 2 atom stereocenters. The van der Waals surface area contributed by atoms with Gasteiger partial charge in [0.25, 0.3) is 5.91 Å². The van der Waals surface area contributed by atoms with Crippen LogP contribution in [0.25, 0.3) is 10.9 Å². The van der Waals surface area contributed by atoms with Crippen LogP contribution >= 0.6 is 0 Å². The first-order valence-corrected chi connectivity index (χ1v) is 13.2. The van der Waals surface area contributed by atoms with Crippen LogP contribution in [0.5, 0.6) is 5.75 Å². The fourth-order valence-electron chi connectivity index (χ4n) is 4.61. The fourth-order valence-corrected chi connectivity index (χ4v) is 4.61. The number of ether oxygens (including phenoxy) is 1. The van der Waals surface area contributed by atoms with Crippen molar-refractivity contribution in [3.63, 3.8) is 0 Å². The predicted octanol–water partition coefficient (Wildman–Crippen LogP) is 3.88. The summed E-state index contributed by atoms with van der Waals surface area (Å²) in [6.45, 7) is 6.94. The molecule has 1 unspecified atom stereocenters. The summed E-state index contributed by atoms with van der Waals surface area (Å²) in [5, 5.41) is 15.6. The van der Waals surface area contributed by atoms with Gasteiger partial charge in [-0.3, -0.25) is 19.2 Å². The summed E-state index contributed by atoms with van der Waals surface area (Å²) < 4.78 is 20.9. The third-order valence-corrected chi connectivity index (χ3v) is 6.57. The Morgan fingerprint density at radius 1 is 0.975 bits per heavy atom. The zero-order valence-corrected chi connectivity index (χ0v) is 23.4. The van der Waals surface area contributed by atoms with Crippen molar-refractivity contribution < 1.29 is 33.4 Å². The van der Waals surface area contributed by atoms with Crippen LogP contribution in [-0.4, -0.2) is 51.9 Å². The Morgan fingerprint density at radius 2 is 1.62 bits per heavy atom. The molecule has 9 nitrogen and oxygen atoms in total. The molecule has 2 amide bonds. The molecule has 3 aromatic rings. The van der Waals surface area contributed by atoms with Gasteiger partial charge in [-0.05, 0) is 42.0 Å². The van der Waals surface area contributed by atoms with E-state index in [0.29, 0.717) is 12.1 Å². The van der Waals surface area contributed by atoms with E-state index in [4.69, 9.17) is 4.74 Å². The molecule has 214 valence electrons. The Bertz CT molecular complexity index is 1400.